The second-order valence-corrected chi connectivity index (χ2v) is 7.11. The summed E-state index contributed by atoms with van der Waals surface area (Å²) in [5.74, 6) is -0.415. The van der Waals surface area contributed by atoms with E-state index in [-0.39, 0.29) is 23.6 Å². The largest absolute Gasteiger partial charge is 0.350 e. The Bertz CT molecular complexity index is 981. The zero-order valence-electron chi connectivity index (χ0n) is 17.6. The predicted octanol–water partition coefficient (Wildman–Crippen LogP) is 4.49. The van der Waals surface area contributed by atoms with Crippen LogP contribution in [0.5, 0.6) is 0 Å². The number of hydrogen-bond donors (Lipinski definition) is 1. The summed E-state index contributed by atoms with van der Waals surface area (Å²) in [6.45, 7) is 4.29. The highest BCUT2D eigenvalue weighted by Gasteiger charge is 2.29. The molecule has 0 aliphatic rings. The molecule has 1 heterocycles. The van der Waals surface area contributed by atoms with Crippen LogP contribution in [0.1, 0.15) is 48.1 Å². The number of hydrogen-bond acceptors (Lipinski definition) is 4. The van der Waals surface area contributed by atoms with Crippen LogP contribution in [0.2, 0.25) is 0 Å². The monoisotopic (exact) mass is 411 g/mol. The van der Waals surface area contributed by atoms with Crippen molar-refractivity contribution in [3.63, 3.8) is 0 Å². The van der Waals surface area contributed by atoms with Crippen LogP contribution in [0, 0.1) is 5.82 Å². The van der Waals surface area contributed by atoms with E-state index in [9.17, 15) is 9.18 Å². The normalized spacial score (nSPS) is 11.3. The summed E-state index contributed by atoms with van der Waals surface area (Å²) < 4.78 is 26.3. The molecule has 1 amide bonds. The van der Waals surface area contributed by atoms with Crippen LogP contribution in [0.15, 0.2) is 54.6 Å². The van der Waals surface area contributed by atoms with E-state index in [0.717, 1.165) is 5.56 Å². The molecule has 1 aromatic heterocycles. The molecular formula is C23H26FN3O3. The van der Waals surface area contributed by atoms with Gasteiger partial charge in [0.2, 0.25) is 6.29 Å². The summed E-state index contributed by atoms with van der Waals surface area (Å²) in [7, 11) is 3.05. The number of benzene rings is 2. The van der Waals surface area contributed by atoms with Gasteiger partial charge in [0.1, 0.15) is 11.5 Å². The Morgan fingerprint density at radius 3 is 2.27 bits per heavy atom. The zero-order valence-corrected chi connectivity index (χ0v) is 17.6. The van der Waals surface area contributed by atoms with Crippen LogP contribution in [0.3, 0.4) is 0 Å². The first-order chi connectivity index (χ1) is 14.5. The molecule has 0 saturated heterocycles. The van der Waals surface area contributed by atoms with Gasteiger partial charge in [-0.3, -0.25) is 4.79 Å². The minimum atomic E-state index is -0.740. The number of rotatable bonds is 8. The summed E-state index contributed by atoms with van der Waals surface area (Å²) >= 11 is 0. The Balaban J connectivity index is 2.06. The summed E-state index contributed by atoms with van der Waals surface area (Å²) in [6.07, 6.45) is -0.740. The van der Waals surface area contributed by atoms with Gasteiger partial charge in [0.15, 0.2) is 5.82 Å². The number of ether oxygens (including phenoxy) is 2. The van der Waals surface area contributed by atoms with Crippen molar-refractivity contribution in [2.24, 2.45) is 0 Å². The number of nitrogens with zero attached hydrogens (tertiary/aromatic N) is 2. The minimum absolute atomic E-state index is 0.0908. The average Bonchev–Trinajstić information content (AvgIpc) is 3.15. The van der Waals surface area contributed by atoms with E-state index in [4.69, 9.17) is 9.47 Å². The van der Waals surface area contributed by atoms with E-state index < -0.39 is 6.29 Å². The molecule has 0 unspecified atom stereocenters. The highest BCUT2D eigenvalue weighted by Crippen LogP contribution is 2.33. The van der Waals surface area contributed by atoms with Gasteiger partial charge in [-0.2, -0.15) is 0 Å². The minimum Gasteiger partial charge on any atom is -0.350 e. The average molecular weight is 411 g/mol. The number of methoxy groups -OCH3 is 2. The molecule has 0 radical (unpaired) electrons. The van der Waals surface area contributed by atoms with Crippen molar-refractivity contribution < 1.29 is 18.7 Å². The quantitative estimate of drug-likeness (QED) is 0.555. The molecule has 0 aliphatic heterocycles. The van der Waals surface area contributed by atoms with Gasteiger partial charge in [0.05, 0.1) is 5.69 Å². The first-order valence-electron chi connectivity index (χ1n) is 9.72. The predicted molar refractivity (Wildman–Crippen MR) is 112 cm³/mol. The first-order valence-corrected chi connectivity index (χ1v) is 9.72. The lowest BCUT2D eigenvalue weighted by Gasteiger charge is -2.21. The molecule has 1 N–H and O–H groups in total. The van der Waals surface area contributed by atoms with Crippen LogP contribution in [-0.2, 0) is 16.0 Å². The maximum Gasteiger partial charge on any atom is 0.287 e. The topological polar surface area (TPSA) is 65.4 Å². The van der Waals surface area contributed by atoms with Crippen LogP contribution in [-0.4, -0.2) is 29.7 Å². The fourth-order valence-corrected chi connectivity index (χ4v) is 3.35. The van der Waals surface area contributed by atoms with Crippen molar-refractivity contribution in [1.82, 2.24) is 14.9 Å². The zero-order chi connectivity index (χ0) is 21.7. The molecule has 2 aromatic carbocycles. The Hall–Kier alpha value is -3.03. The van der Waals surface area contributed by atoms with Gasteiger partial charge in [-0.05, 0) is 43.7 Å². The van der Waals surface area contributed by atoms with Crippen LogP contribution in [0.4, 0.5) is 4.39 Å². The van der Waals surface area contributed by atoms with Gasteiger partial charge in [0, 0.05) is 32.4 Å². The molecule has 3 aromatic rings. The number of carbonyl (C=O) groups excluding carboxylic acids is 1. The van der Waals surface area contributed by atoms with Gasteiger partial charge < -0.3 is 19.4 Å². The van der Waals surface area contributed by atoms with Crippen molar-refractivity contribution in [1.29, 1.82) is 0 Å². The fraction of sp³-hybridized carbons (Fsp3) is 0.304. The van der Waals surface area contributed by atoms with Crippen molar-refractivity contribution in [3.05, 3.63) is 77.5 Å². The van der Waals surface area contributed by atoms with Crippen molar-refractivity contribution >= 4 is 5.91 Å². The van der Waals surface area contributed by atoms with E-state index in [0.29, 0.717) is 23.5 Å². The third-order valence-electron chi connectivity index (χ3n) is 4.73. The van der Waals surface area contributed by atoms with E-state index in [1.807, 2.05) is 44.2 Å². The lowest BCUT2D eigenvalue weighted by atomic mass is 10.1. The Kier molecular flexibility index (Phi) is 6.97. The van der Waals surface area contributed by atoms with Crippen LogP contribution >= 0.6 is 0 Å². The summed E-state index contributed by atoms with van der Waals surface area (Å²) in [6, 6.07) is 15.5. The van der Waals surface area contributed by atoms with E-state index in [1.54, 1.807) is 16.7 Å². The smallest absolute Gasteiger partial charge is 0.287 e. The number of carbonyl (C=O) groups is 1. The second-order valence-electron chi connectivity index (χ2n) is 7.11. The molecule has 0 spiro atoms. The summed E-state index contributed by atoms with van der Waals surface area (Å²) in [5, 5.41) is 2.92. The molecule has 0 fully saturated rings. The number of imidazole rings is 1. The van der Waals surface area contributed by atoms with E-state index in [1.165, 1.54) is 26.4 Å². The maximum atomic E-state index is 13.5. The summed E-state index contributed by atoms with van der Waals surface area (Å²) in [5.41, 5.74) is 2.77. The molecule has 7 heteroatoms. The Labute approximate surface area is 175 Å². The van der Waals surface area contributed by atoms with Gasteiger partial charge >= 0.3 is 0 Å². The van der Waals surface area contributed by atoms with Crippen LogP contribution in [0.25, 0.3) is 11.3 Å². The van der Waals surface area contributed by atoms with Crippen molar-refractivity contribution in [2.75, 3.05) is 14.2 Å². The summed E-state index contributed by atoms with van der Waals surface area (Å²) in [4.78, 5) is 17.7. The molecule has 0 bridgehead atoms. The number of nitrogens with one attached hydrogen (secondary N) is 1. The van der Waals surface area contributed by atoms with Gasteiger partial charge in [-0.25, -0.2) is 9.37 Å². The first kappa shape index (κ1) is 21.7. The third-order valence-corrected chi connectivity index (χ3v) is 4.73. The molecule has 0 aliphatic carbocycles. The highest BCUT2D eigenvalue weighted by molar-refractivity contribution is 5.92. The molecule has 30 heavy (non-hydrogen) atoms. The SMILES string of the molecule is COC(OC)c1c(-c2ccc(F)cc2)nc(C(=O)NCc2ccccc2)n1C(C)C. The molecule has 0 saturated carbocycles. The standard InChI is InChI=1S/C23H26FN3O3/c1-15(2)27-20(23(29-3)30-4)19(17-10-12-18(24)13-11-17)26-21(27)22(28)25-14-16-8-6-5-7-9-16/h5-13,15,23H,14H2,1-4H3,(H,25,28). The van der Waals surface area contributed by atoms with Crippen molar-refractivity contribution in [2.45, 2.75) is 32.7 Å². The van der Waals surface area contributed by atoms with Crippen molar-refractivity contribution in [3.8, 4) is 11.3 Å². The number of aromatic nitrogens is 2. The van der Waals surface area contributed by atoms with Crippen LogP contribution < -0.4 is 5.32 Å². The van der Waals surface area contributed by atoms with Gasteiger partial charge in [-0.1, -0.05) is 30.3 Å². The van der Waals surface area contributed by atoms with Gasteiger partial charge in [0.25, 0.3) is 5.91 Å². The molecular weight excluding hydrogens is 385 g/mol. The number of halogens is 1. The van der Waals surface area contributed by atoms with E-state index >= 15 is 0 Å². The Morgan fingerprint density at radius 1 is 1.07 bits per heavy atom. The molecule has 158 valence electrons. The molecule has 6 nitrogen and oxygen atoms in total. The molecule has 0 atom stereocenters. The van der Waals surface area contributed by atoms with E-state index in [2.05, 4.69) is 10.3 Å². The maximum absolute atomic E-state index is 13.5. The second kappa shape index (κ2) is 9.65. The number of amides is 1. The highest BCUT2D eigenvalue weighted by atomic mass is 19.1. The third kappa shape index (κ3) is 4.58. The fourth-order valence-electron chi connectivity index (χ4n) is 3.35. The van der Waals surface area contributed by atoms with Gasteiger partial charge in [-0.15, -0.1) is 0 Å². The molecule has 3 rings (SSSR count). The Morgan fingerprint density at radius 2 is 1.70 bits per heavy atom. The lowest BCUT2D eigenvalue weighted by Crippen LogP contribution is -2.28. The lowest BCUT2D eigenvalue weighted by molar-refractivity contribution is -0.110.